The second kappa shape index (κ2) is 4.57. The van der Waals surface area contributed by atoms with Gasteiger partial charge in [0.15, 0.2) is 5.84 Å². The number of amidine groups is 1. The Bertz CT molecular complexity index is 598. The second-order valence-corrected chi connectivity index (χ2v) is 3.44. The maximum atomic E-state index is 11.9. The zero-order valence-corrected chi connectivity index (χ0v) is 9.45. The number of oxime groups is 1. The first-order valence-electron chi connectivity index (χ1n) is 4.94. The van der Waals surface area contributed by atoms with Gasteiger partial charge in [0.05, 0.1) is 11.8 Å². The predicted octanol–water partition coefficient (Wildman–Crippen LogP) is -0.510. The fourth-order valence-corrected chi connectivity index (χ4v) is 1.40. The first-order valence-corrected chi connectivity index (χ1v) is 4.94. The Morgan fingerprint density at radius 3 is 3.06 bits per heavy atom. The molecule has 0 atom stereocenters. The van der Waals surface area contributed by atoms with E-state index in [1.165, 1.54) is 17.1 Å². The Kier molecular flexibility index (Phi) is 2.96. The van der Waals surface area contributed by atoms with Crippen molar-refractivity contribution in [1.82, 2.24) is 20.0 Å². The van der Waals surface area contributed by atoms with Gasteiger partial charge >= 0.3 is 0 Å². The lowest BCUT2D eigenvalue weighted by atomic mass is 10.3. The molecule has 0 spiro atoms. The summed E-state index contributed by atoms with van der Waals surface area (Å²) in [6, 6.07) is 1.56. The number of nitrogens with two attached hydrogens (primary N) is 1. The predicted molar refractivity (Wildman–Crippen MR) is 62.3 cm³/mol. The topological polar surface area (TPSA) is 134 Å². The fourth-order valence-electron chi connectivity index (χ4n) is 1.40. The number of hydrogen-bond acceptors (Lipinski definition) is 5. The first-order chi connectivity index (χ1) is 8.63. The third-order valence-corrected chi connectivity index (χ3v) is 2.32. The van der Waals surface area contributed by atoms with E-state index in [9.17, 15) is 4.79 Å². The van der Waals surface area contributed by atoms with Crippen LogP contribution in [0.2, 0.25) is 0 Å². The number of H-pyrrole nitrogens is 1. The van der Waals surface area contributed by atoms with Crippen LogP contribution in [-0.4, -0.2) is 36.9 Å². The molecule has 18 heavy (non-hydrogen) atoms. The molecule has 0 unspecified atom stereocenters. The van der Waals surface area contributed by atoms with Crippen molar-refractivity contribution in [2.75, 3.05) is 5.32 Å². The normalized spacial score (nSPS) is 11.5. The van der Waals surface area contributed by atoms with Gasteiger partial charge in [0, 0.05) is 13.2 Å². The lowest BCUT2D eigenvalue weighted by Crippen LogP contribution is -2.20. The molecule has 0 aliphatic carbocycles. The monoisotopic (exact) mass is 249 g/mol. The number of rotatable bonds is 3. The lowest BCUT2D eigenvalue weighted by molar-refractivity contribution is 0.101. The summed E-state index contributed by atoms with van der Waals surface area (Å²) in [7, 11) is 1.65. The number of aryl methyl sites for hydroxylation is 1. The third kappa shape index (κ3) is 2.00. The molecule has 1 amide bonds. The maximum Gasteiger partial charge on any atom is 0.275 e. The summed E-state index contributed by atoms with van der Waals surface area (Å²) >= 11 is 0. The summed E-state index contributed by atoms with van der Waals surface area (Å²) < 4.78 is 1.43. The highest BCUT2D eigenvalue weighted by Crippen LogP contribution is 2.11. The van der Waals surface area contributed by atoms with Crippen molar-refractivity contribution in [2.24, 2.45) is 17.9 Å². The van der Waals surface area contributed by atoms with Crippen molar-refractivity contribution in [2.45, 2.75) is 0 Å². The van der Waals surface area contributed by atoms with Crippen LogP contribution in [0.1, 0.15) is 16.1 Å². The van der Waals surface area contributed by atoms with Gasteiger partial charge in [-0.1, -0.05) is 5.16 Å². The Morgan fingerprint density at radius 1 is 1.67 bits per heavy atom. The van der Waals surface area contributed by atoms with E-state index in [2.05, 4.69) is 25.8 Å². The van der Waals surface area contributed by atoms with E-state index in [-0.39, 0.29) is 17.6 Å². The molecule has 94 valence electrons. The van der Waals surface area contributed by atoms with Gasteiger partial charge in [-0.3, -0.25) is 14.6 Å². The smallest absolute Gasteiger partial charge is 0.275 e. The zero-order valence-electron chi connectivity index (χ0n) is 9.45. The number of aromatic amines is 1. The maximum absolute atomic E-state index is 11.9. The number of nitrogens with zero attached hydrogens (tertiary/aromatic N) is 4. The van der Waals surface area contributed by atoms with Crippen LogP contribution >= 0.6 is 0 Å². The number of hydrogen-bond donors (Lipinski definition) is 4. The summed E-state index contributed by atoms with van der Waals surface area (Å²) in [6.07, 6.45) is 2.85. The molecule has 2 aromatic rings. The van der Waals surface area contributed by atoms with E-state index in [1.807, 2.05) is 0 Å². The van der Waals surface area contributed by atoms with Gasteiger partial charge in [-0.2, -0.15) is 10.2 Å². The molecule has 9 nitrogen and oxygen atoms in total. The molecule has 0 bridgehead atoms. The van der Waals surface area contributed by atoms with Gasteiger partial charge in [-0.05, 0) is 6.07 Å². The van der Waals surface area contributed by atoms with E-state index in [0.717, 1.165) is 0 Å². The molecule has 2 rings (SSSR count). The van der Waals surface area contributed by atoms with Crippen molar-refractivity contribution in [3.63, 3.8) is 0 Å². The van der Waals surface area contributed by atoms with Gasteiger partial charge in [0.2, 0.25) is 0 Å². The molecule has 0 aromatic carbocycles. The SMILES string of the molecule is Cn1nccc1C(=O)Nc1[nH]ncc1C(N)=NO. The molecule has 0 fully saturated rings. The van der Waals surface area contributed by atoms with E-state index in [0.29, 0.717) is 11.3 Å². The number of amides is 1. The second-order valence-electron chi connectivity index (χ2n) is 3.44. The van der Waals surface area contributed by atoms with Crippen LogP contribution in [0.4, 0.5) is 5.82 Å². The van der Waals surface area contributed by atoms with Gasteiger partial charge in [0.1, 0.15) is 11.5 Å². The minimum absolute atomic E-state index is 0.149. The van der Waals surface area contributed by atoms with E-state index >= 15 is 0 Å². The van der Waals surface area contributed by atoms with Gasteiger partial charge < -0.3 is 16.3 Å². The summed E-state index contributed by atoms with van der Waals surface area (Å²) in [4.78, 5) is 11.9. The molecule has 0 aliphatic rings. The third-order valence-electron chi connectivity index (χ3n) is 2.32. The number of aromatic nitrogens is 4. The molecular weight excluding hydrogens is 238 g/mol. The minimum Gasteiger partial charge on any atom is -0.409 e. The molecule has 2 aromatic heterocycles. The van der Waals surface area contributed by atoms with E-state index < -0.39 is 0 Å². The highest BCUT2D eigenvalue weighted by Gasteiger charge is 2.15. The van der Waals surface area contributed by atoms with Crippen LogP contribution in [0.25, 0.3) is 0 Å². The fraction of sp³-hybridized carbons (Fsp3) is 0.111. The van der Waals surface area contributed by atoms with Crippen molar-refractivity contribution >= 4 is 17.6 Å². The summed E-state index contributed by atoms with van der Waals surface area (Å²) in [5.41, 5.74) is 6.10. The Hall–Kier alpha value is -2.84. The molecule has 5 N–H and O–H groups in total. The van der Waals surface area contributed by atoms with Crippen LogP contribution in [0.5, 0.6) is 0 Å². The van der Waals surface area contributed by atoms with Gasteiger partial charge in [0.25, 0.3) is 5.91 Å². The Balaban J connectivity index is 2.23. The van der Waals surface area contributed by atoms with Crippen LogP contribution in [-0.2, 0) is 7.05 Å². The summed E-state index contributed by atoms with van der Waals surface area (Å²) in [5.74, 6) is -0.285. The highest BCUT2D eigenvalue weighted by atomic mass is 16.4. The van der Waals surface area contributed by atoms with Crippen molar-refractivity contribution < 1.29 is 10.0 Å². The average Bonchev–Trinajstić information content (AvgIpc) is 2.97. The van der Waals surface area contributed by atoms with Crippen LogP contribution in [0.3, 0.4) is 0 Å². The van der Waals surface area contributed by atoms with Crippen molar-refractivity contribution in [3.8, 4) is 0 Å². The molecular formula is C9H11N7O2. The van der Waals surface area contributed by atoms with Crippen LogP contribution in [0, 0.1) is 0 Å². The molecule has 0 saturated heterocycles. The van der Waals surface area contributed by atoms with Gasteiger partial charge in [-0.15, -0.1) is 0 Å². The number of anilines is 1. The standard InChI is InChI=1S/C9H11N7O2/c1-16-6(2-3-12-16)9(17)13-8-5(4-11-14-8)7(10)15-18/h2-4,18H,1H3,(H2,10,15)(H2,11,13,14,17). The van der Waals surface area contributed by atoms with Crippen LogP contribution < -0.4 is 11.1 Å². The summed E-state index contributed by atoms with van der Waals surface area (Å²) in [5, 5.41) is 24.1. The van der Waals surface area contributed by atoms with Crippen molar-refractivity contribution in [1.29, 1.82) is 0 Å². The van der Waals surface area contributed by atoms with Crippen LogP contribution in [0.15, 0.2) is 23.6 Å². The van der Waals surface area contributed by atoms with E-state index in [4.69, 9.17) is 10.9 Å². The largest absolute Gasteiger partial charge is 0.409 e. The minimum atomic E-state index is -0.383. The quantitative estimate of drug-likeness (QED) is 0.251. The Labute approximate surface area is 101 Å². The molecule has 0 saturated carbocycles. The number of nitrogens with one attached hydrogen (secondary N) is 2. The highest BCUT2D eigenvalue weighted by molar-refractivity contribution is 6.08. The first kappa shape index (κ1) is 11.6. The molecule has 9 heteroatoms. The number of carbonyl (C=O) groups excluding carboxylic acids is 1. The number of carbonyl (C=O) groups is 1. The lowest BCUT2D eigenvalue weighted by Gasteiger charge is -2.04. The average molecular weight is 249 g/mol. The molecule has 0 aliphatic heterocycles. The summed E-state index contributed by atoms with van der Waals surface area (Å²) in [6.45, 7) is 0. The zero-order chi connectivity index (χ0) is 13.1. The Morgan fingerprint density at radius 2 is 2.44 bits per heavy atom. The van der Waals surface area contributed by atoms with E-state index in [1.54, 1.807) is 13.1 Å². The van der Waals surface area contributed by atoms with Gasteiger partial charge in [-0.25, -0.2) is 0 Å². The molecule has 2 heterocycles. The molecule has 0 radical (unpaired) electrons. The van der Waals surface area contributed by atoms with Crippen molar-refractivity contribution in [3.05, 3.63) is 29.7 Å².